The summed E-state index contributed by atoms with van der Waals surface area (Å²) in [4.78, 5) is 25.5. The lowest BCUT2D eigenvalue weighted by Gasteiger charge is -2.11. The fraction of sp³-hybridized carbons (Fsp3) is 0.300. The Morgan fingerprint density at radius 3 is 2.12 bits per heavy atom. The fourth-order valence-electron chi connectivity index (χ4n) is 2.46. The Bertz CT molecular complexity index is 770. The van der Waals surface area contributed by atoms with Crippen molar-refractivity contribution in [1.29, 1.82) is 0 Å². The third-order valence-electron chi connectivity index (χ3n) is 3.91. The van der Waals surface area contributed by atoms with E-state index in [2.05, 4.69) is 5.32 Å². The summed E-state index contributed by atoms with van der Waals surface area (Å²) in [5.74, 6) is 1.09. The maximum atomic E-state index is 12.2. The summed E-state index contributed by atoms with van der Waals surface area (Å²) in [5, 5.41) is 2.88. The largest absolute Gasteiger partial charge is 0.493 e. The Hall–Kier alpha value is -3.02. The molecule has 0 unspecified atom stereocenters. The van der Waals surface area contributed by atoms with Crippen LogP contribution in [0.3, 0.4) is 0 Å². The molecule has 0 aliphatic rings. The van der Waals surface area contributed by atoms with Gasteiger partial charge in [-0.25, -0.2) is 0 Å². The Labute approximate surface area is 153 Å². The minimum Gasteiger partial charge on any atom is -0.493 e. The van der Waals surface area contributed by atoms with E-state index >= 15 is 0 Å². The van der Waals surface area contributed by atoms with Crippen molar-refractivity contribution < 1.29 is 19.1 Å². The van der Waals surface area contributed by atoms with Gasteiger partial charge in [-0.2, -0.15) is 0 Å². The Balaban J connectivity index is 1.91. The van der Waals surface area contributed by atoms with Crippen molar-refractivity contribution in [2.75, 3.05) is 28.3 Å². The molecule has 2 rings (SSSR count). The number of methoxy groups -OCH3 is 2. The molecule has 0 aromatic heterocycles. The quantitative estimate of drug-likeness (QED) is 0.826. The lowest BCUT2D eigenvalue weighted by atomic mass is 10.1. The van der Waals surface area contributed by atoms with Gasteiger partial charge in [0.05, 0.1) is 20.6 Å². The highest BCUT2D eigenvalue weighted by atomic mass is 16.5. The molecule has 0 heterocycles. The summed E-state index contributed by atoms with van der Waals surface area (Å²) in [6, 6.07) is 12.6. The second-order valence-electron chi connectivity index (χ2n) is 6.04. The minimum absolute atomic E-state index is 0.0472. The van der Waals surface area contributed by atoms with E-state index in [0.29, 0.717) is 23.6 Å². The van der Waals surface area contributed by atoms with Crippen molar-refractivity contribution in [1.82, 2.24) is 10.2 Å². The molecule has 0 saturated carbocycles. The number of nitrogens with zero attached hydrogens (tertiary/aromatic N) is 1. The van der Waals surface area contributed by atoms with Crippen LogP contribution in [0, 0.1) is 0 Å². The summed E-state index contributed by atoms with van der Waals surface area (Å²) < 4.78 is 10.4. The molecule has 2 aromatic rings. The maximum absolute atomic E-state index is 12.2. The highest BCUT2D eigenvalue weighted by Gasteiger charge is 2.10. The van der Waals surface area contributed by atoms with Crippen LogP contribution < -0.4 is 14.8 Å². The van der Waals surface area contributed by atoms with Crippen LogP contribution in [0.15, 0.2) is 42.5 Å². The van der Waals surface area contributed by atoms with Crippen LogP contribution in [-0.4, -0.2) is 45.0 Å². The predicted octanol–water partition coefficient (Wildman–Crippen LogP) is 2.26. The van der Waals surface area contributed by atoms with Gasteiger partial charge in [0, 0.05) is 26.2 Å². The zero-order chi connectivity index (χ0) is 19.1. The zero-order valence-corrected chi connectivity index (χ0v) is 15.5. The number of amides is 2. The Morgan fingerprint density at radius 2 is 1.54 bits per heavy atom. The number of carbonyl (C=O) groups is 2. The molecule has 0 saturated heterocycles. The topological polar surface area (TPSA) is 67.9 Å². The van der Waals surface area contributed by atoms with Gasteiger partial charge in [-0.3, -0.25) is 9.59 Å². The monoisotopic (exact) mass is 356 g/mol. The summed E-state index contributed by atoms with van der Waals surface area (Å²) in [5.41, 5.74) is 2.39. The number of carbonyl (C=O) groups excluding carboxylic acids is 2. The fourth-order valence-corrected chi connectivity index (χ4v) is 2.46. The van der Waals surface area contributed by atoms with Gasteiger partial charge < -0.3 is 19.7 Å². The number of rotatable bonds is 7. The van der Waals surface area contributed by atoms with Crippen LogP contribution in [-0.2, 0) is 17.8 Å². The van der Waals surface area contributed by atoms with Crippen molar-refractivity contribution in [3.05, 3.63) is 59.2 Å². The lowest BCUT2D eigenvalue weighted by Crippen LogP contribution is -2.25. The first kappa shape index (κ1) is 19.3. The van der Waals surface area contributed by atoms with Crippen LogP contribution in [0.2, 0.25) is 0 Å². The number of ether oxygens (including phenoxy) is 2. The summed E-state index contributed by atoms with van der Waals surface area (Å²) in [7, 11) is 6.56. The highest BCUT2D eigenvalue weighted by Crippen LogP contribution is 2.27. The van der Waals surface area contributed by atoms with E-state index in [9.17, 15) is 9.59 Å². The van der Waals surface area contributed by atoms with E-state index in [4.69, 9.17) is 9.47 Å². The standard InChI is InChI=1S/C20H24N2O4/c1-22(2)20(24)16-8-5-14(6-9-16)13-21-19(23)12-15-7-10-17(25-3)18(11-15)26-4/h5-11H,12-13H2,1-4H3,(H,21,23). The normalized spacial score (nSPS) is 10.2. The molecule has 1 N–H and O–H groups in total. The third kappa shape index (κ3) is 4.99. The first-order valence-corrected chi connectivity index (χ1v) is 8.22. The SMILES string of the molecule is COc1ccc(CC(=O)NCc2ccc(C(=O)N(C)C)cc2)cc1OC. The molecule has 6 nitrogen and oxygen atoms in total. The van der Waals surface area contributed by atoms with Crippen molar-refractivity contribution in [2.45, 2.75) is 13.0 Å². The molecule has 6 heteroatoms. The number of hydrogen-bond acceptors (Lipinski definition) is 4. The van der Waals surface area contributed by atoms with Crippen molar-refractivity contribution in [2.24, 2.45) is 0 Å². The molecule has 138 valence electrons. The molecule has 0 bridgehead atoms. The zero-order valence-electron chi connectivity index (χ0n) is 15.5. The van der Waals surface area contributed by atoms with Gasteiger partial charge >= 0.3 is 0 Å². The average molecular weight is 356 g/mol. The van der Waals surface area contributed by atoms with Gasteiger partial charge in [0.1, 0.15) is 0 Å². The first-order chi connectivity index (χ1) is 12.4. The molecule has 26 heavy (non-hydrogen) atoms. The van der Waals surface area contributed by atoms with E-state index in [0.717, 1.165) is 11.1 Å². The van der Waals surface area contributed by atoms with Crippen molar-refractivity contribution in [3.63, 3.8) is 0 Å². The smallest absolute Gasteiger partial charge is 0.253 e. The highest BCUT2D eigenvalue weighted by molar-refractivity contribution is 5.93. The molecule has 0 radical (unpaired) electrons. The summed E-state index contributed by atoms with van der Waals surface area (Å²) >= 11 is 0. The van der Waals surface area contributed by atoms with Gasteiger partial charge in [0.2, 0.25) is 5.91 Å². The molecule has 2 amide bonds. The molecule has 0 spiro atoms. The third-order valence-corrected chi connectivity index (χ3v) is 3.91. The van der Waals surface area contributed by atoms with E-state index in [-0.39, 0.29) is 18.2 Å². The molecule has 0 aliphatic heterocycles. The van der Waals surface area contributed by atoms with E-state index < -0.39 is 0 Å². The van der Waals surface area contributed by atoms with E-state index in [1.54, 1.807) is 52.6 Å². The molecular weight excluding hydrogens is 332 g/mol. The molecule has 0 aliphatic carbocycles. The first-order valence-electron chi connectivity index (χ1n) is 8.22. The van der Waals surface area contributed by atoms with Crippen LogP contribution in [0.1, 0.15) is 21.5 Å². The van der Waals surface area contributed by atoms with Gasteiger partial charge in [-0.15, -0.1) is 0 Å². The van der Waals surface area contributed by atoms with Gasteiger partial charge in [-0.1, -0.05) is 18.2 Å². The maximum Gasteiger partial charge on any atom is 0.253 e. The summed E-state index contributed by atoms with van der Waals surface area (Å²) in [6.45, 7) is 0.405. The minimum atomic E-state index is -0.0920. The predicted molar refractivity (Wildman–Crippen MR) is 99.6 cm³/mol. The van der Waals surface area contributed by atoms with Gasteiger partial charge in [0.25, 0.3) is 5.91 Å². The van der Waals surface area contributed by atoms with Crippen LogP contribution in [0.5, 0.6) is 11.5 Å². The number of hydrogen-bond donors (Lipinski definition) is 1. The summed E-state index contributed by atoms with van der Waals surface area (Å²) in [6.07, 6.45) is 0.248. The molecule has 2 aromatic carbocycles. The molecule has 0 fully saturated rings. The average Bonchev–Trinajstić information content (AvgIpc) is 2.66. The Morgan fingerprint density at radius 1 is 0.923 bits per heavy atom. The lowest BCUT2D eigenvalue weighted by molar-refractivity contribution is -0.120. The molecule has 0 atom stereocenters. The Kier molecular flexibility index (Phi) is 6.60. The van der Waals surface area contributed by atoms with Crippen molar-refractivity contribution >= 4 is 11.8 Å². The number of nitrogens with one attached hydrogen (secondary N) is 1. The van der Waals surface area contributed by atoms with Gasteiger partial charge in [0.15, 0.2) is 11.5 Å². The molecular formula is C20H24N2O4. The number of benzene rings is 2. The van der Waals surface area contributed by atoms with Crippen molar-refractivity contribution in [3.8, 4) is 11.5 Å². The van der Waals surface area contributed by atoms with E-state index in [1.165, 1.54) is 4.90 Å². The van der Waals surface area contributed by atoms with E-state index in [1.807, 2.05) is 18.2 Å². The van der Waals surface area contributed by atoms with Gasteiger partial charge in [-0.05, 0) is 35.4 Å². The van der Waals surface area contributed by atoms with Crippen LogP contribution in [0.4, 0.5) is 0 Å². The second-order valence-corrected chi connectivity index (χ2v) is 6.04. The second kappa shape index (κ2) is 8.89. The van der Waals surface area contributed by atoms with Crippen LogP contribution >= 0.6 is 0 Å². The van der Waals surface area contributed by atoms with Crippen LogP contribution in [0.25, 0.3) is 0 Å².